The Morgan fingerprint density at radius 2 is 2.00 bits per heavy atom. The van der Waals surface area contributed by atoms with Gasteiger partial charge in [0.1, 0.15) is 0 Å². The minimum absolute atomic E-state index is 0.128. The van der Waals surface area contributed by atoms with E-state index in [-0.39, 0.29) is 5.91 Å². The van der Waals surface area contributed by atoms with Crippen molar-refractivity contribution in [2.45, 2.75) is 20.8 Å². The number of nitrogens with zero attached hydrogens (tertiary/aromatic N) is 1. The second-order valence-electron chi connectivity index (χ2n) is 3.90. The van der Waals surface area contributed by atoms with E-state index in [1.165, 1.54) is 5.56 Å². The zero-order valence-corrected chi connectivity index (χ0v) is 12.2. The molecule has 4 heteroatoms. The molecule has 0 aromatic heterocycles. The summed E-state index contributed by atoms with van der Waals surface area (Å²) in [6.45, 7) is 7.86. The second kappa shape index (κ2) is 6.64. The summed E-state index contributed by atoms with van der Waals surface area (Å²) in [5.41, 5.74) is 2.14. The summed E-state index contributed by atoms with van der Waals surface area (Å²) in [5.74, 6) is 0.128. The highest BCUT2D eigenvalue weighted by atomic mass is 79.9. The molecule has 0 aliphatic carbocycles. The summed E-state index contributed by atoms with van der Waals surface area (Å²) < 4.78 is 0.982. The van der Waals surface area contributed by atoms with Crippen molar-refractivity contribution < 1.29 is 4.79 Å². The summed E-state index contributed by atoms with van der Waals surface area (Å²) in [4.78, 5) is 13.6. The van der Waals surface area contributed by atoms with Crippen LogP contribution in [0.25, 0.3) is 0 Å². The number of carbonyl (C=O) groups excluding carboxylic acids is 1. The van der Waals surface area contributed by atoms with Gasteiger partial charge in [-0.2, -0.15) is 0 Å². The van der Waals surface area contributed by atoms with Crippen molar-refractivity contribution in [3.8, 4) is 0 Å². The number of likely N-dealkylation sites (N-methyl/N-ethyl adjacent to an activating group) is 1. The maximum absolute atomic E-state index is 11.8. The average Bonchev–Trinajstić information content (AvgIpc) is 2.32. The van der Waals surface area contributed by atoms with Crippen molar-refractivity contribution in [2.75, 3.05) is 25.0 Å². The zero-order valence-electron chi connectivity index (χ0n) is 10.6. The SMILES string of the molecule is CCN(CC)C(=O)CNc1cc(C)ccc1Br. The summed E-state index contributed by atoms with van der Waals surface area (Å²) in [7, 11) is 0. The number of amides is 1. The van der Waals surface area contributed by atoms with E-state index in [4.69, 9.17) is 0 Å². The third kappa shape index (κ3) is 4.04. The first-order valence-electron chi connectivity index (χ1n) is 5.86. The van der Waals surface area contributed by atoms with Gasteiger partial charge in [0.2, 0.25) is 5.91 Å². The lowest BCUT2D eigenvalue weighted by Crippen LogP contribution is -2.35. The summed E-state index contributed by atoms with van der Waals surface area (Å²) >= 11 is 3.46. The summed E-state index contributed by atoms with van der Waals surface area (Å²) in [5, 5.41) is 3.16. The van der Waals surface area contributed by atoms with Gasteiger partial charge in [0.25, 0.3) is 0 Å². The maximum Gasteiger partial charge on any atom is 0.241 e. The number of rotatable bonds is 5. The van der Waals surface area contributed by atoms with Gasteiger partial charge in [-0.1, -0.05) is 6.07 Å². The van der Waals surface area contributed by atoms with Crippen molar-refractivity contribution in [3.05, 3.63) is 28.2 Å². The minimum atomic E-state index is 0.128. The molecule has 1 rings (SSSR count). The van der Waals surface area contributed by atoms with Gasteiger partial charge in [-0.15, -0.1) is 0 Å². The molecule has 0 aliphatic rings. The summed E-state index contributed by atoms with van der Waals surface area (Å²) in [6.07, 6.45) is 0. The van der Waals surface area contributed by atoms with E-state index < -0.39 is 0 Å². The predicted molar refractivity (Wildman–Crippen MR) is 75.3 cm³/mol. The van der Waals surface area contributed by atoms with Crippen molar-refractivity contribution in [1.82, 2.24) is 4.90 Å². The number of carbonyl (C=O) groups is 1. The smallest absolute Gasteiger partial charge is 0.241 e. The van der Waals surface area contributed by atoms with Gasteiger partial charge in [0.15, 0.2) is 0 Å². The number of benzene rings is 1. The molecule has 3 nitrogen and oxygen atoms in total. The van der Waals surface area contributed by atoms with Crippen molar-refractivity contribution in [2.24, 2.45) is 0 Å². The molecule has 0 radical (unpaired) electrons. The highest BCUT2D eigenvalue weighted by Gasteiger charge is 2.09. The Morgan fingerprint density at radius 1 is 1.35 bits per heavy atom. The van der Waals surface area contributed by atoms with Gasteiger partial charge in [-0.3, -0.25) is 4.79 Å². The second-order valence-corrected chi connectivity index (χ2v) is 4.76. The number of hydrogen-bond donors (Lipinski definition) is 1. The Hall–Kier alpha value is -1.03. The molecule has 0 aliphatic heterocycles. The lowest BCUT2D eigenvalue weighted by Gasteiger charge is -2.19. The molecule has 0 spiro atoms. The molecule has 0 saturated heterocycles. The van der Waals surface area contributed by atoms with Crippen molar-refractivity contribution >= 4 is 27.5 Å². The van der Waals surface area contributed by atoms with Gasteiger partial charge in [0.05, 0.1) is 6.54 Å². The monoisotopic (exact) mass is 298 g/mol. The molecule has 0 fully saturated rings. The number of halogens is 1. The van der Waals surface area contributed by atoms with Crippen molar-refractivity contribution in [1.29, 1.82) is 0 Å². The third-order valence-corrected chi connectivity index (χ3v) is 3.36. The maximum atomic E-state index is 11.8. The van der Waals surface area contributed by atoms with Crippen LogP contribution in [0.3, 0.4) is 0 Å². The standard InChI is InChI=1S/C13H19BrN2O/c1-4-16(5-2)13(17)9-15-12-8-10(3)6-7-11(12)14/h6-8,15H,4-5,9H2,1-3H3. The summed E-state index contributed by atoms with van der Waals surface area (Å²) in [6, 6.07) is 6.04. The van der Waals surface area contributed by atoms with E-state index in [1.807, 2.05) is 43.9 Å². The molecule has 1 amide bonds. The average molecular weight is 299 g/mol. The van der Waals surface area contributed by atoms with Gasteiger partial charge in [-0.25, -0.2) is 0 Å². The first-order valence-corrected chi connectivity index (χ1v) is 6.65. The fourth-order valence-corrected chi connectivity index (χ4v) is 2.02. The molecule has 1 aromatic rings. The van der Waals surface area contributed by atoms with Crippen LogP contribution >= 0.6 is 15.9 Å². The van der Waals surface area contributed by atoms with E-state index in [2.05, 4.69) is 21.2 Å². The topological polar surface area (TPSA) is 32.3 Å². The minimum Gasteiger partial charge on any atom is -0.375 e. The number of aryl methyl sites for hydroxylation is 1. The molecular formula is C13H19BrN2O. The quantitative estimate of drug-likeness (QED) is 0.906. The first kappa shape index (κ1) is 14.0. The van der Waals surface area contributed by atoms with Crippen LogP contribution in [0.1, 0.15) is 19.4 Å². The van der Waals surface area contributed by atoms with E-state index in [0.29, 0.717) is 6.54 Å². The lowest BCUT2D eigenvalue weighted by atomic mass is 10.2. The molecule has 0 bridgehead atoms. The van der Waals surface area contributed by atoms with Crippen LogP contribution in [0.4, 0.5) is 5.69 Å². The van der Waals surface area contributed by atoms with Crippen LogP contribution in [0.5, 0.6) is 0 Å². The van der Waals surface area contributed by atoms with E-state index in [0.717, 1.165) is 23.2 Å². The molecule has 0 heterocycles. The van der Waals surface area contributed by atoms with Crippen LogP contribution in [-0.2, 0) is 4.79 Å². The van der Waals surface area contributed by atoms with Gasteiger partial charge in [-0.05, 0) is 54.4 Å². The van der Waals surface area contributed by atoms with Gasteiger partial charge >= 0.3 is 0 Å². The van der Waals surface area contributed by atoms with Crippen LogP contribution < -0.4 is 5.32 Å². The van der Waals surface area contributed by atoms with Crippen molar-refractivity contribution in [3.63, 3.8) is 0 Å². The molecule has 94 valence electrons. The fraction of sp³-hybridized carbons (Fsp3) is 0.462. The van der Waals surface area contributed by atoms with Crippen LogP contribution in [0.15, 0.2) is 22.7 Å². The van der Waals surface area contributed by atoms with Crippen LogP contribution in [0, 0.1) is 6.92 Å². The van der Waals surface area contributed by atoms with Crippen LogP contribution in [0.2, 0.25) is 0 Å². The normalized spacial score (nSPS) is 10.1. The molecule has 0 saturated carbocycles. The molecule has 0 unspecified atom stereocenters. The zero-order chi connectivity index (χ0) is 12.8. The van der Waals surface area contributed by atoms with E-state index in [9.17, 15) is 4.79 Å². The first-order chi connectivity index (χ1) is 8.08. The molecule has 1 aromatic carbocycles. The van der Waals surface area contributed by atoms with Crippen LogP contribution in [-0.4, -0.2) is 30.4 Å². The molecular weight excluding hydrogens is 280 g/mol. The highest BCUT2D eigenvalue weighted by Crippen LogP contribution is 2.23. The Balaban J connectivity index is 2.61. The van der Waals surface area contributed by atoms with Gasteiger partial charge < -0.3 is 10.2 Å². The number of hydrogen-bond acceptors (Lipinski definition) is 2. The lowest BCUT2D eigenvalue weighted by molar-refractivity contribution is -0.128. The third-order valence-electron chi connectivity index (χ3n) is 2.67. The predicted octanol–water partition coefficient (Wildman–Crippen LogP) is 3.04. The fourth-order valence-electron chi connectivity index (χ4n) is 1.63. The highest BCUT2D eigenvalue weighted by molar-refractivity contribution is 9.10. The molecule has 0 atom stereocenters. The Morgan fingerprint density at radius 3 is 2.59 bits per heavy atom. The Labute approximate surface area is 111 Å². The largest absolute Gasteiger partial charge is 0.375 e. The Bertz CT molecular complexity index is 389. The number of anilines is 1. The number of nitrogens with one attached hydrogen (secondary N) is 1. The van der Waals surface area contributed by atoms with E-state index in [1.54, 1.807) is 0 Å². The van der Waals surface area contributed by atoms with E-state index >= 15 is 0 Å². The molecule has 1 N–H and O–H groups in total. The van der Waals surface area contributed by atoms with Gasteiger partial charge in [0, 0.05) is 23.2 Å². The molecule has 17 heavy (non-hydrogen) atoms. The Kier molecular flexibility index (Phi) is 5.48.